The molecule has 1 N–H and O–H groups in total. The molecular formula is C16H18N4O5. The van der Waals surface area contributed by atoms with Crippen LogP contribution >= 0.6 is 0 Å². The summed E-state index contributed by atoms with van der Waals surface area (Å²) < 4.78 is 12.5. The van der Waals surface area contributed by atoms with Gasteiger partial charge in [-0.15, -0.1) is 0 Å². The fraction of sp³-hybridized carbons (Fsp3) is 0.375. The average Bonchev–Trinajstić information content (AvgIpc) is 3.23. The van der Waals surface area contributed by atoms with E-state index >= 15 is 0 Å². The van der Waals surface area contributed by atoms with Gasteiger partial charge < -0.3 is 14.8 Å². The van der Waals surface area contributed by atoms with Gasteiger partial charge in [0.1, 0.15) is 18.9 Å². The number of nitro groups is 1. The topological polar surface area (TPSA) is 109 Å². The minimum Gasteiger partial charge on any atom is -0.350 e. The van der Waals surface area contributed by atoms with Crippen LogP contribution in [0.2, 0.25) is 0 Å². The van der Waals surface area contributed by atoms with Gasteiger partial charge in [0.25, 0.3) is 0 Å². The third-order valence-electron chi connectivity index (χ3n) is 3.92. The second-order valence-corrected chi connectivity index (χ2v) is 5.77. The van der Waals surface area contributed by atoms with Crippen molar-refractivity contribution >= 4 is 11.6 Å². The molecule has 132 valence electrons. The number of rotatable bonds is 6. The summed E-state index contributed by atoms with van der Waals surface area (Å²) in [6, 6.07) is 7.61. The molecule has 1 aromatic carbocycles. The first-order valence-electron chi connectivity index (χ1n) is 7.77. The first kappa shape index (κ1) is 17.1. The van der Waals surface area contributed by atoms with E-state index in [1.54, 1.807) is 0 Å². The molecule has 0 saturated carbocycles. The van der Waals surface area contributed by atoms with Crippen molar-refractivity contribution < 1.29 is 19.2 Å². The zero-order chi connectivity index (χ0) is 17.9. The number of nitrogens with zero attached hydrogens (tertiary/aromatic N) is 3. The van der Waals surface area contributed by atoms with Gasteiger partial charge in [-0.3, -0.25) is 19.6 Å². The number of nitrogens with one attached hydrogen (secondary N) is 1. The molecular weight excluding hydrogens is 328 g/mol. The molecule has 2 heterocycles. The first-order valence-corrected chi connectivity index (χ1v) is 7.77. The maximum Gasteiger partial charge on any atom is 0.307 e. The van der Waals surface area contributed by atoms with E-state index in [4.69, 9.17) is 9.47 Å². The molecule has 0 radical (unpaired) electrons. The number of hydrogen-bond donors (Lipinski definition) is 1. The van der Waals surface area contributed by atoms with Crippen LogP contribution in [-0.4, -0.2) is 33.8 Å². The van der Waals surface area contributed by atoms with Crippen LogP contribution < -0.4 is 5.32 Å². The molecule has 0 atom stereocenters. The van der Waals surface area contributed by atoms with E-state index in [2.05, 4.69) is 10.4 Å². The summed E-state index contributed by atoms with van der Waals surface area (Å²) in [5.74, 6) is -1.04. The van der Waals surface area contributed by atoms with Crippen LogP contribution in [0.5, 0.6) is 0 Å². The highest BCUT2D eigenvalue weighted by Gasteiger charge is 2.33. The fourth-order valence-electron chi connectivity index (χ4n) is 2.58. The van der Waals surface area contributed by atoms with E-state index in [0.29, 0.717) is 19.8 Å². The van der Waals surface area contributed by atoms with Crippen molar-refractivity contribution in [1.29, 1.82) is 0 Å². The van der Waals surface area contributed by atoms with Crippen molar-refractivity contribution in [3.63, 3.8) is 0 Å². The Morgan fingerprint density at radius 1 is 1.44 bits per heavy atom. The van der Waals surface area contributed by atoms with Crippen molar-refractivity contribution in [3.8, 4) is 0 Å². The van der Waals surface area contributed by atoms with Gasteiger partial charge in [0.2, 0.25) is 5.91 Å². The molecule has 25 heavy (non-hydrogen) atoms. The SMILES string of the molecule is CC1(c2cccc(CNC(=O)Cn3cc([N+](=O)[O-])cn3)c2)OCCO1. The Bertz CT molecular complexity index is 782. The molecule has 1 fully saturated rings. The van der Waals surface area contributed by atoms with E-state index in [-0.39, 0.29) is 18.1 Å². The number of ether oxygens (including phenoxy) is 2. The lowest BCUT2D eigenvalue weighted by Crippen LogP contribution is -2.27. The van der Waals surface area contributed by atoms with E-state index < -0.39 is 10.7 Å². The quantitative estimate of drug-likeness (QED) is 0.624. The van der Waals surface area contributed by atoms with Crippen LogP contribution in [0, 0.1) is 10.1 Å². The molecule has 1 aliphatic rings. The van der Waals surface area contributed by atoms with Gasteiger partial charge in [0.15, 0.2) is 5.79 Å². The second-order valence-electron chi connectivity index (χ2n) is 5.77. The van der Waals surface area contributed by atoms with Gasteiger partial charge in [-0.2, -0.15) is 5.10 Å². The monoisotopic (exact) mass is 346 g/mol. The number of aromatic nitrogens is 2. The molecule has 0 spiro atoms. The maximum absolute atomic E-state index is 12.0. The van der Waals surface area contributed by atoms with Crippen molar-refractivity contribution in [2.24, 2.45) is 0 Å². The molecule has 9 heteroatoms. The second kappa shape index (κ2) is 6.99. The molecule has 9 nitrogen and oxygen atoms in total. The average molecular weight is 346 g/mol. The molecule has 3 rings (SSSR count). The molecule has 1 saturated heterocycles. The van der Waals surface area contributed by atoms with Crippen LogP contribution in [0.4, 0.5) is 5.69 Å². The Kier molecular flexibility index (Phi) is 4.77. The summed E-state index contributed by atoms with van der Waals surface area (Å²) in [5, 5.41) is 17.2. The molecule has 1 aliphatic heterocycles. The smallest absolute Gasteiger partial charge is 0.307 e. The van der Waals surface area contributed by atoms with Crippen LogP contribution in [0.3, 0.4) is 0 Å². The number of amides is 1. The van der Waals surface area contributed by atoms with E-state index in [9.17, 15) is 14.9 Å². The Morgan fingerprint density at radius 2 is 2.20 bits per heavy atom. The first-order chi connectivity index (χ1) is 12.0. The van der Waals surface area contributed by atoms with Crippen molar-refractivity contribution in [1.82, 2.24) is 15.1 Å². The van der Waals surface area contributed by atoms with Crippen molar-refractivity contribution in [2.45, 2.75) is 25.8 Å². The minimum absolute atomic E-state index is 0.0858. The van der Waals surface area contributed by atoms with Crippen LogP contribution in [0.1, 0.15) is 18.1 Å². The highest BCUT2D eigenvalue weighted by Crippen LogP contribution is 2.31. The molecule has 0 bridgehead atoms. The Balaban J connectivity index is 1.57. The number of carbonyl (C=O) groups excluding carboxylic acids is 1. The van der Waals surface area contributed by atoms with Gasteiger partial charge in [-0.05, 0) is 18.6 Å². The normalized spacial score (nSPS) is 15.9. The molecule has 2 aromatic rings. The number of benzene rings is 1. The molecule has 1 aromatic heterocycles. The van der Waals surface area contributed by atoms with Crippen LogP contribution in [-0.2, 0) is 33.1 Å². The van der Waals surface area contributed by atoms with Gasteiger partial charge in [-0.1, -0.05) is 18.2 Å². The minimum atomic E-state index is -0.756. The van der Waals surface area contributed by atoms with Crippen molar-refractivity contribution in [2.75, 3.05) is 13.2 Å². The summed E-state index contributed by atoms with van der Waals surface area (Å²) in [5.41, 5.74) is 1.64. The van der Waals surface area contributed by atoms with Gasteiger partial charge in [0, 0.05) is 12.1 Å². The van der Waals surface area contributed by atoms with E-state index in [1.807, 2.05) is 31.2 Å². The highest BCUT2D eigenvalue weighted by molar-refractivity contribution is 5.75. The van der Waals surface area contributed by atoms with E-state index in [0.717, 1.165) is 17.3 Å². The highest BCUT2D eigenvalue weighted by atomic mass is 16.7. The lowest BCUT2D eigenvalue weighted by Gasteiger charge is -2.23. The summed E-state index contributed by atoms with van der Waals surface area (Å²) in [6.07, 6.45) is 2.33. The van der Waals surface area contributed by atoms with Gasteiger partial charge >= 0.3 is 5.69 Å². The Labute approximate surface area is 143 Å². The predicted molar refractivity (Wildman–Crippen MR) is 86.4 cm³/mol. The maximum atomic E-state index is 12.0. The lowest BCUT2D eigenvalue weighted by atomic mass is 10.0. The van der Waals surface area contributed by atoms with Crippen LogP contribution in [0.15, 0.2) is 36.7 Å². The molecule has 0 aliphatic carbocycles. The Hall–Kier alpha value is -2.78. The standard InChI is InChI=1S/C16H18N4O5/c1-16(24-5-6-25-16)13-4-2-3-12(7-13)8-17-15(21)11-19-10-14(9-18-19)20(22)23/h2-4,7,9-10H,5-6,8,11H2,1H3,(H,17,21). The summed E-state index contributed by atoms with van der Waals surface area (Å²) in [6.45, 7) is 3.20. The molecule has 0 unspecified atom stereocenters. The van der Waals surface area contributed by atoms with Gasteiger partial charge in [0.05, 0.1) is 18.1 Å². The largest absolute Gasteiger partial charge is 0.350 e. The molecule has 1 amide bonds. The number of carbonyl (C=O) groups is 1. The third kappa shape index (κ3) is 4.01. The van der Waals surface area contributed by atoms with Gasteiger partial charge in [-0.25, -0.2) is 0 Å². The lowest BCUT2D eigenvalue weighted by molar-refractivity contribution is -0.385. The fourth-order valence-corrected chi connectivity index (χ4v) is 2.58. The zero-order valence-corrected chi connectivity index (χ0v) is 13.7. The summed E-state index contributed by atoms with van der Waals surface area (Å²) >= 11 is 0. The summed E-state index contributed by atoms with van der Waals surface area (Å²) in [4.78, 5) is 22.0. The third-order valence-corrected chi connectivity index (χ3v) is 3.92. The van der Waals surface area contributed by atoms with Crippen LogP contribution in [0.25, 0.3) is 0 Å². The zero-order valence-electron chi connectivity index (χ0n) is 13.7. The van der Waals surface area contributed by atoms with E-state index in [1.165, 1.54) is 10.9 Å². The summed E-state index contributed by atoms with van der Waals surface area (Å²) in [7, 11) is 0. The predicted octanol–water partition coefficient (Wildman–Crippen LogP) is 1.33. The Morgan fingerprint density at radius 3 is 2.88 bits per heavy atom. The van der Waals surface area contributed by atoms with Crippen molar-refractivity contribution in [3.05, 3.63) is 57.9 Å². The number of hydrogen-bond acceptors (Lipinski definition) is 6.